The van der Waals surface area contributed by atoms with Gasteiger partial charge in [0.05, 0.1) is 15.4 Å². The number of amidine groups is 1. The summed E-state index contributed by atoms with van der Waals surface area (Å²) in [5, 5.41) is 12.2. The van der Waals surface area contributed by atoms with Crippen molar-refractivity contribution in [2.45, 2.75) is 38.1 Å². The van der Waals surface area contributed by atoms with Crippen LogP contribution in [0.1, 0.15) is 37.9 Å². The lowest BCUT2D eigenvalue weighted by atomic mass is 9.94. The highest BCUT2D eigenvalue weighted by molar-refractivity contribution is 8.18. The molecule has 2 aromatic heterocycles. The summed E-state index contributed by atoms with van der Waals surface area (Å²) in [5.41, 5.74) is 0.840. The molecule has 0 spiro atoms. The first-order valence-corrected chi connectivity index (χ1v) is 12.5. The van der Waals surface area contributed by atoms with Crippen LogP contribution in [-0.2, 0) is 4.79 Å². The molecule has 0 bridgehead atoms. The molecule has 1 aliphatic heterocycles. The van der Waals surface area contributed by atoms with Gasteiger partial charge in [-0.1, -0.05) is 43.0 Å². The third kappa shape index (κ3) is 4.87. The van der Waals surface area contributed by atoms with Gasteiger partial charge in [-0.15, -0.1) is 0 Å². The first kappa shape index (κ1) is 23.3. The SMILES string of the molecule is O=C1/C(=C\c2ccc(-c3ccccc3[N+](=O)[O-])o2)SC(=Nc2cccnc2Cl)N1C1CCCCC1. The Labute approximate surface area is 210 Å². The van der Waals surface area contributed by atoms with E-state index < -0.39 is 4.92 Å². The number of nitrogens with zero attached hydrogens (tertiary/aromatic N) is 4. The molecule has 178 valence electrons. The van der Waals surface area contributed by atoms with Gasteiger partial charge in [-0.05, 0) is 54.9 Å². The third-order valence-corrected chi connectivity index (χ3v) is 7.27. The van der Waals surface area contributed by atoms with Crippen LogP contribution in [0.4, 0.5) is 11.4 Å². The molecular formula is C25H21ClN4O4S. The van der Waals surface area contributed by atoms with Gasteiger partial charge < -0.3 is 4.42 Å². The van der Waals surface area contributed by atoms with Gasteiger partial charge in [0, 0.05) is 24.4 Å². The van der Waals surface area contributed by atoms with Crippen molar-refractivity contribution in [3.63, 3.8) is 0 Å². The van der Waals surface area contributed by atoms with E-state index in [9.17, 15) is 14.9 Å². The zero-order chi connectivity index (χ0) is 24.4. The van der Waals surface area contributed by atoms with Crippen LogP contribution in [0, 0.1) is 10.1 Å². The minimum Gasteiger partial charge on any atom is -0.456 e. The Hall–Kier alpha value is -3.43. The van der Waals surface area contributed by atoms with Crippen molar-refractivity contribution in [1.29, 1.82) is 0 Å². The minimum atomic E-state index is -0.444. The first-order valence-electron chi connectivity index (χ1n) is 11.3. The molecule has 8 nitrogen and oxygen atoms in total. The van der Waals surface area contributed by atoms with Gasteiger partial charge in [-0.2, -0.15) is 0 Å². The molecule has 1 saturated carbocycles. The smallest absolute Gasteiger partial charge is 0.280 e. The van der Waals surface area contributed by atoms with Crippen LogP contribution in [0.25, 0.3) is 17.4 Å². The van der Waals surface area contributed by atoms with Crippen molar-refractivity contribution < 1.29 is 14.1 Å². The van der Waals surface area contributed by atoms with Crippen molar-refractivity contribution in [2.75, 3.05) is 0 Å². The molecule has 35 heavy (non-hydrogen) atoms. The van der Waals surface area contributed by atoms with Gasteiger partial charge in [0.15, 0.2) is 10.3 Å². The van der Waals surface area contributed by atoms with E-state index in [-0.39, 0.29) is 22.8 Å². The van der Waals surface area contributed by atoms with Gasteiger partial charge in [0.1, 0.15) is 17.2 Å². The zero-order valence-electron chi connectivity index (χ0n) is 18.6. The molecule has 1 amide bonds. The summed E-state index contributed by atoms with van der Waals surface area (Å²) >= 11 is 7.49. The van der Waals surface area contributed by atoms with Crippen LogP contribution in [0.5, 0.6) is 0 Å². The Morgan fingerprint density at radius 2 is 1.94 bits per heavy atom. The Balaban J connectivity index is 1.49. The quantitative estimate of drug-likeness (QED) is 0.162. The minimum absolute atomic E-state index is 0.0430. The third-order valence-electron chi connectivity index (χ3n) is 6.00. The summed E-state index contributed by atoms with van der Waals surface area (Å²) in [6.45, 7) is 0. The maximum atomic E-state index is 13.5. The summed E-state index contributed by atoms with van der Waals surface area (Å²) in [6, 6.07) is 13.3. The second-order valence-electron chi connectivity index (χ2n) is 8.26. The van der Waals surface area contributed by atoms with Crippen LogP contribution >= 0.6 is 23.4 Å². The maximum Gasteiger partial charge on any atom is 0.280 e. The van der Waals surface area contributed by atoms with E-state index in [1.165, 1.54) is 17.8 Å². The molecule has 1 saturated heterocycles. The van der Waals surface area contributed by atoms with Gasteiger partial charge in [-0.3, -0.25) is 19.8 Å². The van der Waals surface area contributed by atoms with Crippen LogP contribution in [0.3, 0.4) is 0 Å². The predicted octanol–water partition coefficient (Wildman–Crippen LogP) is 6.84. The number of furan rings is 1. The van der Waals surface area contributed by atoms with Crippen LogP contribution < -0.4 is 0 Å². The highest BCUT2D eigenvalue weighted by atomic mass is 35.5. The average Bonchev–Trinajstić information content (AvgIpc) is 3.45. The predicted molar refractivity (Wildman–Crippen MR) is 136 cm³/mol. The lowest BCUT2D eigenvalue weighted by molar-refractivity contribution is -0.384. The van der Waals surface area contributed by atoms with Gasteiger partial charge >= 0.3 is 0 Å². The van der Waals surface area contributed by atoms with Gasteiger partial charge in [0.2, 0.25) is 0 Å². The number of halogens is 1. The lowest BCUT2D eigenvalue weighted by Gasteiger charge is -2.30. The highest BCUT2D eigenvalue weighted by Crippen LogP contribution is 2.40. The maximum absolute atomic E-state index is 13.5. The van der Waals surface area contributed by atoms with Crippen molar-refractivity contribution in [3.05, 3.63) is 80.7 Å². The molecule has 0 N–H and O–H groups in total. The van der Waals surface area contributed by atoms with Gasteiger partial charge in [0.25, 0.3) is 11.6 Å². The molecule has 2 fully saturated rings. The molecule has 3 heterocycles. The van der Waals surface area contributed by atoms with Crippen molar-refractivity contribution >= 4 is 51.9 Å². The van der Waals surface area contributed by atoms with E-state index in [1.807, 2.05) is 0 Å². The summed E-state index contributed by atoms with van der Waals surface area (Å²) in [6.07, 6.45) is 8.39. The molecule has 1 aliphatic carbocycles. The number of hydrogen-bond acceptors (Lipinski definition) is 7. The number of thioether (sulfide) groups is 1. The number of rotatable bonds is 5. The van der Waals surface area contributed by atoms with Crippen molar-refractivity contribution in [2.24, 2.45) is 4.99 Å². The van der Waals surface area contributed by atoms with E-state index in [1.54, 1.807) is 59.6 Å². The number of aromatic nitrogens is 1. The number of carbonyl (C=O) groups excluding carboxylic acids is 1. The molecule has 5 rings (SSSR count). The molecular weight excluding hydrogens is 488 g/mol. The van der Waals surface area contributed by atoms with E-state index in [4.69, 9.17) is 16.0 Å². The van der Waals surface area contributed by atoms with Crippen LogP contribution in [0.2, 0.25) is 5.15 Å². The normalized spacial score (nSPS) is 19.1. The van der Waals surface area contributed by atoms with E-state index in [0.717, 1.165) is 32.1 Å². The fraction of sp³-hybridized carbons (Fsp3) is 0.240. The average molecular weight is 509 g/mol. The van der Waals surface area contributed by atoms with E-state index in [0.29, 0.717) is 32.8 Å². The van der Waals surface area contributed by atoms with E-state index in [2.05, 4.69) is 9.98 Å². The molecule has 0 atom stereocenters. The first-order chi connectivity index (χ1) is 17.0. The van der Waals surface area contributed by atoms with E-state index >= 15 is 0 Å². The summed E-state index contributed by atoms with van der Waals surface area (Å²) in [5.74, 6) is 0.655. The zero-order valence-corrected chi connectivity index (χ0v) is 20.2. The molecule has 0 unspecified atom stereocenters. The number of aliphatic imine (C=N–C) groups is 1. The van der Waals surface area contributed by atoms with Crippen molar-refractivity contribution in [3.8, 4) is 11.3 Å². The Bertz CT molecular complexity index is 1350. The fourth-order valence-corrected chi connectivity index (χ4v) is 5.53. The van der Waals surface area contributed by atoms with Gasteiger partial charge in [-0.25, -0.2) is 9.98 Å². The Morgan fingerprint density at radius 1 is 1.14 bits per heavy atom. The largest absolute Gasteiger partial charge is 0.456 e. The molecule has 0 radical (unpaired) electrons. The number of para-hydroxylation sites is 1. The molecule has 3 aromatic rings. The second-order valence-corrected chi connectivity index (χ2v) is 9.63. The summed E-state index contributed by atoms with van der Waals surface area (Å²) in [4.78, 5) is 35.4. The number of hydrogen-bond donors (Lipinski definition) is 0. The molecule has 2 aliphatic rings. The lowest BCUT2D eigenvalue weighted by Crippen LogP contribution is -2.40. The number of pyridine rings is 1. The number of amides is 1. The monoisotopic (exact) mass is 508 g/mol. The van der Waals surface area contributed by atoms with Crippen LogP contribution in [-0.4, -0.2) is 31.9 Å². The molecule has 10 heteroatoms. The number of nitro benzene ring substituents is 1. The molecule has 1 aromatic carbocycles. The summed E-state index contributed by atoms with van der Waals surface area (Å²) < 4.78 is 5.89. The Kier molecular flexibility index (Phi) is 6.70. The Morgan fingerprint density at radius 3 is 2.71 bits per heavy atom. The van der Waals surface area contributed by atoms with Crippen LogP contribution in [0.15, 0.2) is 69.0 Å². The number of carbonyl (C=O) groups is 1. The van der Waals surface area contributed by atoms with Crippen molar-refractivity contribution in [1.82, 2.24) is 9.88 Å². The standard InChI is InChI=1S/C25H21ClN4O4S/c26-23-19(10-6-14-27-23)28-25-29(16-7-2-1-3-8-16)24(31)22(35-25)15-17-12-13-21(34-17)18-9-4-5-11-20(18)30(32)33/h4-6,9-16H,1-3,7-8H2/b22-15+,28-25?. The summed E-state index contributed by atoms with van der Waals surface area (Å²) in [7, 11) is 0. The highest BCUT2D eigenvalue weighted by Gasteiger charge is 2.39. The second kappa shape index (κ2) is 10.1. The topological polar surface area (TPSA) is 102 Å². The number of benzene rings is 1. The fourth-order valence-electron chi connectivity index (χ4n) is 4.34. The number of nitro groups is 1.